The van der Waals surface area contributed by atoms with Crippen molar-refractivity contribution in [1.82, 2.24) is 4.90 Å². The molecule has 0 fully saturated rings. The van der Waals surface area contributed by atoms with Crippen molar-refractivity contribution in [2.45, 2.75) is 40.2 Å². The van der Waals surface area contributed by atoms with Crippen molar-refractivity contribution in [2.75, 3.05) is 37.1 Å². The number of para-hydroxylation sites is 4. The lowest BCUT2D eigenvalue weighted by molar-refractivity contribution is -0.151. The van der Waals surface area contributed by atoms with Crippen molar-refractivity contribution in [3.8, 4) is 11.5 Å². The van der Waals surface area contributed by atoms with E-state index >= 15 is 0 Å². The molecule has 0 radical (unpaired) electrons. The molecule has 0 aromatic heterocycles. The fourth-order valence-electron chi connectivity index (χ4n) is 4.95. The molecule has 13 nitrogen and oxygen atoms in total. The molecule has 1 aliphatic rings. The van der Waals surface area contributed by atoms with E-state index in [-0.39, 0.29) is 29.0 Å². The summed E-state index contributed by atoms with van der Waals surface area (Å²) < 4.78 is 21.4. The number of ether oxygens (including phenoxy) is 4. The van der Waals surface area contributed by atoms with E-state index in [1.54, 1.807) is 76.2 Å². The predicted molar refractivity (Wildman–Crippen MR) is 174 cm³/mol. The SMILES string of the molecule is CCOc1ccccc1NC(=O)COC(=O)c1ccc2c(c1)C(=O)N([C@@H](CC(C)C)C(=O)OCC(=O)Nc1ccccc1OCC)C2=O. The summed E-state index contributed by atoms with van der Waals surface area (Å²) in [6, 6.07) is 16.0. The average molecular weight is 660 g/mol. The molecule has 1 heterocycles. The number of fused-ring (bicyclic) bond motifs is 1. The van der Waals surface area contributed by atoms with E-state index in [0.29, 0.717) is 36.1 Å². The van der Waals surface area contributed by atoms with Crippen LogP contribution in [0.25, 0.3) is 0 Å². The number of imide groups is 1. The molecule has 1 aliphatic heterocycles. The highest BCUT2D eigenvalue weighted by molar-refractivity contribution is 6.23. The zero-order chi connectivity index (χ0) is 34.8. The van der Waals surface area contributed by atoms with Gasteiger partial charge >= 0.3 is 11.9 Å². The van der Waals surface area contributed by atoms with Crippen LogP contribution >= 0.6 is 0 Å². The van der Waals surface area contributed by atoms with Gasteiger partial charge in [-0.3, -0.25) is 24.1 Å². The summed E-state index contributed by atoms with van der Waals surface area (Å²) in [4.78, 5) is 78.8. The average Bonchev–Trinajstić information content (AvgIpc) is 3.31. The fraction of sp³-hybridized carbons (Fsp3) is 0.314. The lowest BCUT2D eigenvalue weighted by Gasteiger charge is -2.25. The minimum Gasteiger partial charge on any atom is -0.492 e. The molecule has 3 aromatic rings. The van der Waals surface area contributed by atoms with Gasteiger partial charge in [-0.25, -0.2) is 9.59 Å². The van der Waals surface area contributed by atoms with Gasteiger partial charge in [0, 0.05) is 0 Å². The minimum atomic E-state index is -1.33. The van der Waals surface area contributed by atoms with Crippen LogP contribution in [-0.4, -0.2) is 72.9 Å². The van der Waals surface area contributed by atoms with Crippen molar-refractivity contribution in [3.63, 3.8) is 0 Å². The van der Waals surface area contributed by atoms with Crippen molar-refractivity contribution in [1.29, 1.82) is 0 Å². The maximum Gasteiger partial charge on any atom is 0.338 e. The number of esters is 2. The minimum absolute atomic E-state index is 0.0198. The summed E-state index contributed by atoms with van der Waals surface area (Å²) in [5, 5.41) is 5.24. The number of carbonyl (C=O) groups is 6. The van der Waals surface area contributed by atoms with Gasteiger partial charge < -0.3 is 29.6 Å². The van der Waals surface area contributed by atoms with Crippen LogP contribution in [0.15, 0.2) is 66.7 Å². The largest absolute Gasteiger partial charge is 0.492 e. The van der Waals surface area contributed by atoms with E-state index in [9.17, 15) is 28.8 Å². The first-order valence-electron chi connectivity index (χ1n) is 15.4. The summed E-state index contributed by atoms with van der Waals surface area (Å²) in [6.45, 7) is 6.68. The number of rotatable bonds is 15. The first-order valence-corrected chi connectivity index (χ1v) is 15.4. The Morgan fingerprint density at radius 1 is 0.708 bits per heavy atom. The number of hydrogen-bond donors (Lipinski definition) is 2. The van der Waals surface area contributed by atoms with Gasteiger partial charge in [-0.1, -0.05) is 38.1 Å². The van der Waals surface area contributed by atoms with Crippen molar-refractivity contribution in [2.24, 2.45) is 5.92 Å². The Kier molecular flexibility index (Phi) is 11.9. The maximum absolute atomic E-state index is 13.5. The number of benzene rings is 3. The standard InChI is InChI=1S/C35H37N3O10/c1-5-45-28-13-9-7-11-25(28)36-30(39)19-47-34(43)22-15-16-23-24(18-22)33(42)38(32(23)41)27(17-21(3)4)35(44)48-20-31(40)37-26-12-8-10-14-29(26)46-6-2/h7-16,18,21,27H,5-6,17,19-20H2,1-4H3,(H,36,39)(H,37,40)/t27-/m0/s1. The van der Waals surface area contributed by atoms with Gasteiger partial charge in [-0.05, 0) is 68.7 Å². The Hall–Kier alpha value is -5.72. The van der Waals surface area contributed by atoms with E-state index in [1.165, 1.54) is 18.2 Å². The molecule has 3 aromatic carbocycles. The van der Waals surface area contributed by atoms with Crippen LogP contribution in [0, 0.1) is 5.92 Å². The van der Waals surface area contributed by atoms with Crippen LogP contribution in [0.3, 0.4) is 0 Å². The Labute approximate surface area is 277 Å². The number of hydrogen-bond acceptors (Lipinski definition) is 10. The summed E-state index contributed by atoms with van der Waals surface area (Å²) in [7, 11) is 0. The van der Waals surface area contributed by atoms with Crippen molar-refractivity contribution < 1.29 is 47.7 Å². The Balaban J connectivity index is 1.41. The number of carbonyl (C=O) groups excluding carboxylic acids is 6. The van der Waals surface area contributed by atoms with Crippen molar-refractivity contribution >= 4 is 46.9 Å². The third kappa shape index (κ3) is 8.55. The smallest absolute Gasteiger partial charge is 0.338 e. The monoisotopic (exact) mass is 659 g/mol. The van der Waals surface area contributed by atoms with E-state index in [2.05, 4.69) is 10.6 Å². The van der Waals surface area contributed by atoms with Gasteiger partial charge in [0.05, 0.1) is 41.3 Å². The van der Waals surface area contributed by atoms with Crippen LogP contribution in [0.5, 0.6) is 11.5 Å². The molecule has 0 saturated carbocycles. The highest BCUT2D eigenvalue weighted by Gasteiger charge is 2.44. The molecular weight excluding hydrogens is 622 g/mol. The molecule has 0 spiro atoms. The second kappa shape index (κ2) is 16.2. The third-order valence-electron chi connectivity index (χ3n) is 7.03. The van der Waals surface area contributed by atoms with Gasteiger partial charge in [-0.2, -0.15) is 0 Å². The molecular formula is C35H37N3O10. The molecule has 0 bridgehead atoms. The molecule has 4 rings (SSSR count). The molecule has 2 N–H and O–H groups in total. The van der Waals surface area contributed by atoms with Gasteiger partial charge in [0.1, 0.15) is 17.5 Å². The topological polar surface area (TPSA) is 167 Å². The summed E-state index contributed by atoms with van der Waals surface area (Å²) in [5.41, 5.74) is 0.585. The van der Waals surface area contributed by atoms with Crippen LogP contribution in [0.2, 0.25) is 0 Å². The molecule has 0 unspecified atom stereocenters. The Bertz CT molecular complexity index is 1700. The zero-order valence-corrected chi connectivity index (χ0v) is 27.1. The lowest BCUT2D eigenvalue weighted by Crippen LogP contribution is -2.46. The first kappa shape index (κ1) is 35.1. The lowest BCUT2D eigenvalue weighted by atomic mass is 10.0. The van der Waals surface area contributed by atoms with Crippen LogP contribution < -0.4 is 20.1 Å². The van der Waals surface area contributed by atoms with Gasteiger partial charge in [0.15, 0.2) is 13.2 Å². The number of anilines is 2. The van der Waals surface area contributed by atoms with Crippen molar-refractivity contribution in [3.05, 3.63) is 83.4 Å². The number of nitrogens with zero attached hydrogens (tertiary/aromatic N) is 1. The molecule has 4 amide bonds. The van der Waals surface area contributed by atoms with Crippen LogP contribution in [-0.2, 0) is 23.9 Å². The number of nitrogens with one attached hydrogen (secondary N) is 2. The fourth-order valence-corrected chi connectivity index (χ4v) is 4.95. The van der Waals surface area contributed by atoms with Crippen LogP contribution in [0.1, 0.15) is 65.2 Å². The molecule has 252 valence electrons. The van der Waals surface area contributed by atoms with E-state index < -0.39 is 54.8 Å². The molecule has 0 saturated heterocycles. The van der Waals surface area contributed by atoms with Crippen LogP contribution in [0.4, 0.5) is 11.4 Å². The highest BCUT2D eigenvalue weighted by atomic mass is 16.5. The number of amides is 4. The molecule has 1 atom stereocenters. The normalized spacial score (nSPS) is 12.6. The van der Waals surface area contributed by atoms with E-state index in [1.807, 2.05) is 0 Å². The molecule has 48 heavy (non-hydrogen) atoms. The Morgan fingerprint density at radius 2 is 1.23 bits per heavy atom. The summed E-state index contributed by atoms with van der Waals surface area (Å²) in [6.07, 6.45) is 0.0650. The van der Waals surface area contributed by atoms with Gasteiger partial charge in [0.2, 0.25) is 0 Å². The predicted octanol–water partition coefficient (Wildman–Crippen LogP) is 4.47. The quantitative estimate of drug-likeness (QED) is 0.176. The van der Waals surface area contributed by atoms with E-state index in [4.69, 9.17) is 18.9 Å². The molecule has 0 aliphatic carbocycles. The highest BCUT2D eigenvalue weighted by Crippen LogP contribution is 2.29. The van der Waals surface area contributed by atoms with E-state index in [0.717, 1.165) is 4.90 Å². The zero-order valence-electron chi connectivity index (χ0n) is 27.1. The first-order chi connectivity index (χ1) is 23.0. The summed E-state index contributed by atoms with van der Waals surface area (Å²) in [5.74, 6) is -3.91. The molecule has 13 heteroatoms. The van der Waals surface area contributed by atoms with Gasteiger partial charge in [-0.15, -0.1) is 0 Å². The Morgan fingerprint density at radius 3 is 1.77 bits per heavy atom. The maximum atomic E-state index is 13.5. The second-order valence-electron chi connectivity index (χ2n) is 11.0. The van der Waals surface area contributed by atoms with Gasteiger partial charge in [0.25, 0.3) is 23.6 Å². The summed E-state index contributed by atoms with van der Waals surface area (Å²) >= 11 is 0. The third-order valence-corrected chi connectivity index (χ3v) is 7.03. The second-order valence-corrected chi connectivity index (χ2v) is 11.0.